The van der Waals surface area contributed by atoms with Crippen LogP contribution in [-0.2, 0) is 16.0 Å². The van der Waals surface area contributed by atoms with E-state index in [1.807, 2.05) is 23.1 Å². The van der Waals surface area contributed by atoms with E-state index in [0.717, 1.165) is 31.5 Å². The third-order valence-electron chi connectivity index (χ3n) is 5.19. The Balaban J connectivity index is 1.69. The molecule has 0 spiro atoms. The molecule has 1 N–H and O–H groups in total. The Bertz CT molecular complexity index is 585. The number of aryl methyl sites for hydroxylation is 1. The van der Waals surface area contributed by atoms with E-state index in [2.05, 4.69) is 25.2 Å². The molecule has 0 bridgehead atoms. The van der Waals surface area contributed by atoms with E-state index in [9.17, 15) is 9.59 Å². The Kier molecular flexibility index (Phi) is 8.66. The van der Waals surface area contributed by atoms with Crippen molar-refractivity contribution in [3.63, 3.8) is 0 Å². The van der Waals surface area contributed by atoms with Crippen molar-refractivity contribution < 1.29 is 9.59 Å². The van der Waals surface area contributed by atoms with Crippen LogP contribution >= 0.6 is 0 Å². The number of anilines is 1. The molecule has 0 aromatic heterocycles. The van der Waals surface area contributed by atoms with Gasteiger partial charge in [0.2, 0.25) is 11.8 Å². The number of benzene rings is 1. The molecule has 1 atom stereocenters. The monoisotopic (exact) mass is 358 g/mol. The van der Waals surface area contributed by atoms with E-state index < -0.39 is 0 Å². The molecule has 0 saturated carbocycles. The molecule has 2 amide bonds. The van der Waals surface area contributed by atoms with Crippen molar-refractivity contribution in [2.75, 3.05) is 11.4 Å². The molecule has 1 aliphatic heterocycles. The van der Waals surface area contributed by atoms with Crippen LogP contribution in [0.5, 0.6) is 0 Å². The zero-order valence-electron chi connectivity index (χ0n) is 16.4. The van der Waals surface area contributed by atoms with Crippen LogP contribution in [0.1, 0.15) is 77.2 Å². The Morgan fingerprint density at radius 3 is 2.65 bits per heavy atom. The summed E-state index contributed by atoms with van der Waals surface area (Å²) in [6.45, 7) is 5.07. The number of carbonyl (C=O) groups excluding carboxylic acids is 2. The van der Waals surface area contributed by atoms with Gasteiger partial charge in [-0.25, -0.2) is 0 Å². The van der Waals surface area contributed by atoms with Gasteiger partial charge < -0.3 is 10.2 Å². The summed E-state index contributed by atoms with van der Waals surface area (Å²) in [6, 6.07) is 8.40. The Hall–Kier alpha value is -1.84. The highest BCUT2D eigenvalue weighted by Gasteiger charge is 2.27. The van der Waals surface area contributed by atoms with E-state index in [4.69, 9.17) is 0 Å². The summed E-state index contributed by atoms with van der Waals surface area (Å²) < 4.78 is 0. The second-order valence-electron chi connectivity index (χ2n) is 7.40. The second-order valence-corrected chi connectivity index (χ2v) is 7.40. The number of rotatable bonds is 10. The van der Waals surface area contributed by atoms with Gasteiger partial charge in [-0.2, -0.15) is 0 Å². The van der Waals surface area contributed by atoms with Crippen LogP contribution in [0.25, 0.3) is 0 Å². The largest absolute Gasteiger partial charge is 0.356 e. The van der Waals surface area contributed by atoms with Crippen LogP contribution in [0.4, 0.5) is 5.69 Å². The van der Waals surface area contributed by atoms with Crippen molar-refractivity contribution in [3.05, 3.63) is 29.8 Å². The molecular weight excluding hydrogens is 324 g/mol. The number of nitrogens with one attached hydrogen (secondary N) is 1. The summed E-state index contributed by atoms with van der Waals surface area (Å²) in [5.74, 6) is 0.206. The number of hydrogen-bond donors (Lipinski definition) is 1. The van der Waals surface area contributed by atoms with Crippen molar-refractivity contribution in [1.82, 2.24) is 5.32 Å². The summed E-state index contributed by atoms with van der Waals surface area (Å²) >= 11 is 0. The highest BCUT2D eigenvalue weighted by molar-refractivity contribution is 5.95. The van der Waals surface area contributed by atoms with Crippen LogP contribution in [-0.4, -0.2) is 24.4 Å². The molecule has 144 valence electrons. The van der Waals surface area contributed by atoms with Crippen LogP contribution in [0.15, 0.2) is 24.3 Å². The maximum Gasteiger partial charge on any atom is 0.227 e. The van der Waals surface area contributed by atoms with E-state index in [1.54, 1.807) is 0 Å². The Labute approximate surface area is 158 Å². The van der Waals surface area contributed by atoms with Crippen molar-refractivity contribution in [1.29, 1.82) is 0 Å². The molecule has 1 aliphatic rings. The summed E-state index contributed by atoms with van der Waals surface area (Å²) in [6.07, 6.45) is 9.50. The zero-order valence-corrected chi connectivity index (χ0v) is 16.4. The molecule has 4 heteroatoms. The predicted octanol–water partition coefficient (Wildman–Crippen LogP) is 4.61. The maximum absolute atomic E-state index is 12.7. The lowest BCUT2D eigenvalue weighted by Crippen LogP contribution is -2.42. The van der Waals surface area contributed by atoms with Gasteiger partial charge in [0.05, 0.1) is 0 Å². The minimum absolute atomic E-state index is 0.0698. The lowest BCUT2D eigenvalue weighted by Gasteiger charge is -2.35. The first-order valence-corrected chi connectivity index (χ1v) is 10.3. The van der Waals surface area contributed by atoms with Crippen LogP contribution < -0.4 is 10.2 Å². The van der Waals surface area contributed by atoms with Crippen LogP contribution in [0, 0.1) is 0 Å². The van der Waals surface area contributed by atoms with E-state index >= 15 is 0 Å². The molecule has 0 radical (unpaired) electrons. The summed E-state index contributed by atoms with van der Waals surface area (Å²) in [7, 11) is 0. The molecule has 0 fully saturated rings. The highest BCUT2D eigenvalue weighted by atomic mass is 16.2. The third-order valence-corrected chi connectivity index (χ3v) is 5.19. The molecule has 4 nitrogen and oxygen atoms in total. The average molecular weight is 359 g/mol. The van der Waals surface area contributed by atoms with Gasteiger partial charge in [-0.05, 0) is 44.2 Å². The van der Waals surface area contributed by atoms with Crippen molar-refractivity contribution in [2.45, 2.75) is 84.1 Å². The lowest BCUT2D eigenvalue weighted by atomic mass is 9.96. The molecule has 1 heterocycles. The molecular formula is C22H34N2O2. The molecule has 2 rings (SSSR count). The standard InChI is InChI=1S/C22H34N2O2/c1-3-4-5-6-9-17-23-21(25)13-10-14-22(26)24-18(2)15-16-19-11-7-8-12-20(19)24/h7-8,11-12,18H,3-6,9-10,13-17H2,1-2H3,(H,23,25). The number of fused-ring (bicyclic) bond motifs is 1. The minimum Gasteiger partial charge on any atom is -0.356 e. The van der Waals surface area contributed by atoms with E-state index in [-0.39, 0.29) is 17.9 Å². The van der Waals surface area contributed by atoms with Gasteiger partial charge in [0, 0.05) is 31.1 Å². The smallest absolute Gasteiger partial charge is 0.227 e. The first-order chi connectivity index (χ1) is 12.6. The van der Waals surface area contributed by atoms with Crippen LogP contribution in [0.3, 0.4) is 0 Å². The van der Waals surface area contributed by atoms with Gasteiger partial charge in [-0.15, -0.1) is 0 Å². The summed E-state index contributed by atoms with van der Waals surface area (Å²) in [4.78, 5) is 26.6. The number of amides is 2. The number of unbranched alkanes of at least 4 members (excludes halogenated alkanes) is 4. The Morgan fingerprint density at radius 2 is 1.85 bits per heavy atom. The van der Waals surface area contributed by atoms with E-state index in [0.29, 0.717) is 19.3 Å². The molecule has 26 heavy (non-hydrogen) atoms. The molecule has 0 aliphatic carbocycles. The van der Waals surface area contributed by atoms with Gasteiger partial charge in [0.1, 0.15) is 0 Å². The predicted molar refractivity (Wildman–Crippen MR) is 107 cm³/mol. The van der Waals surface area contributed by atoms with Gasteiger partial charge in [-0.3, -0.25) is 9.59 Å². The summed E-state index contributed by atoms with van der Waals surface area (Å²) in [5.41, 5.74) is 2.30. The minimum atomic E-state index is 0.0698. The van der Waals surface area contributed by atoms with Gasteiger partial charge in [0.25, 0.3) is 0 Å². The maximum atomic E-state index is 12.7. The highest BCUT2D eigenvalue weighted by Crippen LogP contribution is 2.31. The average Bonchev–Trinajstić information content (AvgIpc) is 2.64. The number of carbonyl (C=O) groups is 2. The van der Waals surface area contributed by atoms with Gasteiger partial charge in [-0.1, -0.05) is 50.8 Å². The van der Waals surface area contributed by atoms with Crippen molar-refractivity contribution >= 4 is 17.5 Å². The summed E-state index contributed by atoms with van der Waals surface area (Å²) in [5, 5.41) is 2.97. The van der Waals surface area contributed by atoms with E-state index in [1.165, 1.54) is 31.2 Å². The SMILES string of the molecule is CCCCCCCNC(=O)CCCC(=O)N1c2ccccc2CCC1C. The topological polar surface area (TPSA) is 49.4 Å². The van der Waals surface area contributed by atoms with Gasteiger partial charge in [0.15, 0.2) is 0 Å². The third kappa shape index (κ3) is 6.15. The van der Waals surface area contributed by atoms with Crippen molar-refractivity contribution in [3.8, 4) is 0 Å². The van der Waals surface area contributed by atoms with Gasteiger partial charge >= 0.3 is 0 Å². The molecule has 1 unspecified atom stereocenters. The number of nitrogens with zero attached hydrogens (tertiary/aromatic N) is 1. The fraction of sp³-hybridized carbons (Fsp3) is 0.636. The first kappa shape index (κ1) is 20.5. The van der Waals surface area contributed by atoms with Crippen LogP contribution in [0.2, 0.25) is 0 Å². The molecule has 0 saturated heterocycles. The zero-order chi connectivity index (χ0) is 18.8. The fourth-order valence-electron chi connectivity index (χ4n) is 3.63. The number of para-hydroxylation sites is 1. The Morgan fingerprint density at radius 1 is 1.08 bits per heavy atom. The molecule has 1 aromatic rings. The van der Waals surface area contributed by atoms with Crippen molar-refractivity contribution in [2.24, 2.45) is 0 Å². The first-order valence-electron chi connectivity index (χ1n) is 10.3. The fourth-order valence-corrected chi connectivity index (χ4v) is 3.63. The lowest BCUT2D eigenvalue weighted by molar-refractivity contribution is -0.121. The molecule has 1 aromatic carbocycles. The second kappa shape index (κ2) is 11.0. The number of hydrogen-bond acceptors (Lipinski definition) is 2. The normalized spacial score (nSPS) is 16.2. The quantitative estimate of drug-likeness (QED) is 0.621.